The molecule has 0 fully saturated rings. The Morgan fingerprint density at radius 1 is 1.45 bits per heavy atom. The van der Waals surface area contributed by atoms with Crippen LogP contribution in [0, 0.1) is 0 Å². The van der Waals surface area contributed by atoms with Gasteiger partial charge in [0.2, 0.25) is 10.0 Å². The molecule has 0 spiro atoms. The van der Waals surface area contributed by atoms with Gasteiger partial charge in [0.25, 0.3) is 0 Å². The molecule has 114 valence electrons. The molecule has 0 atom stereocenters. The van der Waals surface area contributed by atoms with E-state index >= 15 is 0 Å². The maximum Gasteiger partial charge on any atom is 0.244 e. The van der Waals surface area contributed by atoms with E-state index in [-0.39, 0.29) is 23.8 Å². The molecule has 20 heavy (non-hydrogen) atoms. The van der Waals surface area contributed by atoms with Crippen molar-refractivity contribution < 1.29 is 13.2 Å². The number of halogens is 2. The lowest BCUT2D eigenvalue weighted by Gasteiger charge is -2.19. The molecule has 0 bridgehead atoms. The molecule has 1 aliphatic heterocycles. The topological polar surface area (TPSA) is 81.4 Å². The fourth-order valence-electron chi connectivity index (χ4n) is 1.79. The molecule has 1 aliphatic rings. The second kappa shape index (κ2) is 6.19. The van der Waals surface area contributed by atoms with Crippen molar-refractivity contribution in [3.8, 4) is 5.75 Å². The van der Waals surface area contributed by atoms with Crippen molar-refractivity contribution >= 4 is 38.4 Å². The molecule has 3 N–H and O–H groups in total. The summed E-state index contributed by atoms with van der Waals surface area (Å²) in [6.45, 7) is 4.20. The normalized spacial score (nSPS) is 14.4. The number of benzene rings is 1. The van der Waals surface area contributed by atoms with E-state index in [1.54, 1.807) is 19.9 Å². The lowest BCUT2D eigenvalue weighted by atomic mass is 10.1. The van der Waals surface area contributed by atoms with Gasteiger partial charge in [-0.2, -0.15) is 0 Å². The first-order chi connectivity index (χ1) is 8.69. The minimum Gasteiger partial charge on any atom is -0.492 e. The third-order valence-corrected chi connectivity index (χ3v) is 4.59. The first-order valence-corrected chi connectivity index (χ1v) is 8.20. The van der Waals surface area contributed by atoms with E-state index in [2.05, 4.69) is 20.7 Å². The minimum absolute atomic E-state index is 0. The van der Waals surface area contributed by atoms with Crippen LogP contribution < -0.4 is 15.2 Å². The van der Waals surface area contributed by atoms with Crippen LogP contribution in [0.4, 0.5) is 0 Å². The Bertz CT molecular complexity index is 599. The molecule has 1 aromatic carbocycles. The number of ether oxygens (including phenoxy) is 1. The summed E-state index contributed by atoms with van der Waals surface area (Å²) in [5, 5.41) is 0. The average Bonchev–Trinajstić information content (AvgIpc) is 2.72. The Labute approximate surface area is 133 Å². The predicted molar refractivity (Wildman–Crippen MR) is 84.0 cm³/mol. The van der Waals surface area contributed by atoms with Gasteiger partial charge in [-0.15, -0.1) is 12.4 Å². The van der Waals surface area contributed by atoms with Crippen LogP contribution in [-0.2, 0) is 16.4 Å². The zero-order valence-electron chi connectivity index (χ0n) is 11.3. The Morgan fingerprint density at radius 3 is 2.70 bits per heavy atom. The predicted octanol–water partition coefficient (Wildman–Crippen LogP) is 1.82. The lowest BCUT2D eigenvalue weighted by Crippen LogP contribution is -2.45. The van der Waals surface area contributed by atoms with Gasteiger partial charge in [-0.25, -0.2) is 13.1 Å². The Hall–Kier alpha value is -0.340. The molecular weight excluding hydrogens is 368 g/mol. The Kier molecular flexibility index (Phi) is 5.48. The van der Waals surface area contributed by atoms with Crippen molar-refractivity contribution in [1.82, 2.24) is 4.72 Å². The van der Waals surface area contributed by atoms with Gasteiger partial charge in [-0.05, 0) is 26.0 Å². The lowest BCUT2D eigenvalue weighted by molar-refractivity contribution is 0.348. The highest BCUT2D eigenvalue weighted by atomic mass is 79.9. The van der Waals surface area contributed by atoms with Crippen LogP contribution in [0.25, 0.3) is 0 Å². The van der Waals surface area contributed by atoms with E-state index in [0.717, 1.165) is 16.5 Å². The summed E-state index contributed by atoms with van der Waals surface area (Å²) in [5.74, 6) is 0.450. The molecule has 0 saturated carbocycles. The fourth-order valence-corrected chi connectivity index (χ4v) is 3.88. The van der Waals surface area contributed by atoms with Crippen LogP contribution in [0.15, 0.2) is 21.5 Å². The average molecular weight is 386 g/mol. The van der Waals surface area contributed by atoms with Crippen molar-refractivity contribution in [3.05, 3.63) is 22.2 Å². The van der Waals surface area contributed by atoms with E-state index in [9.17, 15) is 8.42 Å². The molecule has 0 saturated heterocycles. The summed E-state index contributed by atoms with van der Waals surface area (Å²) in [6, 6.07) is 3.43. The van der Waals surface area contributed by atoms with Crippen LogP contribution in [0.1, 0.15) is 19.4 Å². The summed E-state index contributed by atoms with van der Waals surface area (Å²) in [6.07, 6.45) is 0.722. The highest BCUT2D eigenvalue weighted by Gasteiger charge is 2.27. The zero-order chi connectivity index (χ0) is 14.3. The van der Waals surface area contributed by atoms with Gasteiger partial charge in [-0.3, -0.25) is 0 Å². The van der Waals surface area contributed by atoms with Crippen molar-refractivity contribution in [2.75, 3.05) is 13.2 Å². The Morgan fingerprint density at radius 2 is 2.10 bits per heavy atom. The fraction of sp³-hybridized carbons (Fsp3) is 0.500. The largest absolute Gasteiger partial charge is 0.492 e. The number of fused-ring (bicyclic) bond motifs is 1. The molecule has 5 nitrogen and oxygen atoms in total. The summed E-state index contributed by atoms with van der Waals surface area (Å²) in [4.78, 5) is 0.165. The van der Waals surface area contributed by atoms with Gasteiger partial charge < -0.3 is 10.5 Å². The molecule has 0 aromatic heterocycles. The van der Waals surface area contributed by atoms with Crippen molar-refractivity contribution in [2.24, 2.45) is 5.73 Å². The number of hydrogen-bond donors (Lipinski definition) is 2. The van der Waals surface area contributed by atoms with Crippen LogP contribution >= 0.6 is 28.3 Å². The van der Waals surface area contributed by atoms with E-state index in [4.69, 9.17) is 10.5 Å². The number of nitrogens with two attached hydrogens (primary N) is 1. The van der Waals surface area contributed by atoms with Crippen LogP contribution in [0.5, 0.6) is 5.75 Å². The van der Waals surface area contributed by atoms with Gasteiger partial charge >= 0.3 is 0 Å². The second-order valence-corrected chi connectivity index (χ2v) is 7.95. The van der Waals surface area contributed by atoms with Crippen molar-refractivity contribution in [2.45, 2.75) is 30.7 Å². The van der Waals surface area contributed by atoms with Crippen LogP contribution in [0.3, 0.4) is 0 Å². The minimum atomic E-state index is -3.63. The molecule has 0 aliphatic carbocycles. The molecule has 1 aromatic rings. The number of nitrogens with one attached hydrogen (secondary N) is 1. The van der Waals surface area contributed by atoms with Gasteiger partial charge in [0.15, 0.2) is 0 Å². The molecule has 0 radical (unpaired) electrons. The number of hydrogen-bond acceptors (Lipinski definition) is 4. The maximum absolute atomic E-state index is 12.3. The summed E-state index contributed by atoms with van der Waals surface area (Å²) < 4.78 is 33.3. The van der Waals surface area contributed by atoms with Gasteiger partial charge in [0.05, 0.1) is 6.61 Å². The van der Waals surface area contributed by atoms with Gasteiger partial charge in [-0.1, -0.05) is 15.9 Å². The Balaban J connectivity index is 0.00000200. The summed E-state index contributed by atoms with van der Waals surface area (Å²) in [5.41, 5.74) is 6.09. The van der Waals surface area contributed by atoms with Gasteiger partial charge in [0, 0.05) is 28.5 Å². The van der Waals surface area contributed by atoms with Gasteiger partial charge in [0.1, 0.15) is 10.6 Å². The van der Waals surface area contributed by atoms with E-state index < -0.39 is 15.6 Å². The highest BCUT2D eigenvalue weighted by Crippen LogP contribution is 2.35. The molecule has 0 unspecified atom stereocenters. The van der Waals surface area contributed by atoms with E-state index in [1.165, 1.54) is 0 Å². The quantitative estimate of drug-likeness (QED) is 0.828. The number of rotatable bonds is 4. The molecule has 0 amide bonds. The van der Waals surface area contributed by atoms with E-state index in [0.29, 0.717) is 12.4 Å². The monoisotopic (exact) mass is 384 g/mol. The number of sulfonamides is 1. The highest BCUT2D eigenvalue weighted by molar-refractivity contribution is 9.10. The van der Waals surface area contributed by atoms with E-state index in [1.807, 2.05) is 6.07 Å². The smallest absolute Gasteiger partial charge is 0.244 e. The SMILES string of the molecule is CC(C)(N)CNS(=O)(=O)c1cc(Br)cc2c1OCC2.Cl. The van der Waals surface area contributed by atoms with Crippen LogP contribution in [0.2, 0.25) is 0 Å². The third kappa shape index (κ3) is 4.08. The van der Waals surface area contributed by atoms with Crippen molar-refractivity contribution in [1.29, 1.82) is 0 Å². The molecule has 2 rings (SSSR count). The van der Waals surface area contributed by atoms with Crippen molar-refractivity contribution in [3.63, 3.8) is 0 Å². The zero-order valence-corrected chi connectivity index (χ0v) is 14.5. The third-order valence-electron chi connectivity index (χ3n) is 2.72. The summed E-state index contributed by atoms with van der Waals surface area (Å²) >= 11 is 3.33. The molecule has 8 heteroatoms. The molecule has 1 heterocycles. The standard InChI is InChI=1S/C12H17BrN2O3S.ClH/c1-12(2,14)7-15-19(16,17)10-6-9(13)5-8-3-4-18-11(8)10;/h5-6,15H,3-4,7,14H2,1-2H3;1H. The molecular formula is C12H18BrClN2O3S. The van der Waals surface area contributed by atoms with Crippen LogP contribution in [-0.4, -0.2) is 27.1 Å². The second-order valence-electron chi connectivity index (χ2n) is 5.30. The summed E-state index contributed by atoms with van der Waals surface area (Å²) in [7, 11) is -3.63. The maximum atomic E-state index is 12.3. The first kappa shape index (κ1) is 17.7. The first-order valence-electron chi connectivity index (χ1n) is 5.93.